The number of carbonyl (C=O) groups is 1. The summed E-state index contributed by atoms with van der Waals surface area (Å²) in [6, 6.07) is 2.91. The summed E-state index contributed by atoms with van der Waals surface area (Å²) >= 11 is 0.957. The minimum atomic E-state index is -3.71. The number of ether oxygens (including phenoxy) is 3. The summed E-state index contributed by atoms with van der Waals surface area (Å²) in [6.45, 7) is 1.37. The van der Waals surface area contributed by atoms with Gasteiger partial charge in [0.05, 0.1) is 26.2 Å². The van der Waals surface area contributed by atoms with Crippen molar-refractivity contribution in [1.29, 1.82) is 0 Å². The van der Waals surface area contributed by atoms with E-state index in [2.05, 4.69) is 0 Å². The number of nitrogens with two attached hydrogens (primary N) is 1. The molecule has 1 aromatic heterocycles. The van der Waals surface area contributed by atoms with E-state index in [1.165, 1.54) is 6.07 Å². The standard InChI is InChI=1S/C11H17NO6S2/c1-16-4-5-17-6-7-18-10(13)8-9-2-3-11(19-9)20(12,14)15/h2-3H,4-8H2,1H3,(H2,12,14,15). The minimum Gasteiger partial charge on any atom is -0.463 e. The van der Waals surface area contributed by atoms with Crippen LogP contribution in [0, 0.1) is 0 Å². The first kappa shape index (κ1) is 17.1. The average molecular weight is 323 g/mol. The number of hydrogen-bond acceptors (Lipinski definition) is 7. The van der Waals surface area contributed by atoms with Crippen molar-refractivity contribution in [3.63, 3.8) is 0 Å². The van der Waals surface area contributed by atoms with E-state index in [-0.39, 0.29) is 17.2 Å². The molecule has 9 heteroatoms. The number of primary sulfonamides is 1. The Bertz CT molecular complexity index is 525. The van der Waals surface area contributed by atoms with Crippen molar-refractivity contribution < 1.29 is 27.4 Å². The lowest BCUT2D eigenvalue weighted by atomic mass is 10.3. The van der Waals surface area contributed by atoms with Crippen LogP contribution in [-0.4, -0.2) is 47.9 Å². The molecular formula is C11H17NO6S2. The van der Waals surface area contributed by atoms with Gasteiger partial charge in [0, 0.05) is 12.0 Å². The Morgan fingerprint density at radius 3 is 2.55 bits per heavy atom. The SMILES string of the molecule is COCCOCCOC(=O)Cc1ccc(S(N)(=O)=O)s1. The molecule has 1 aromatic rings. The van der Waals surface area contributed by atoms with Crippen molar-refractivity contribution in [1.82, 2.24) is 0 Å². The lowest BCUT2D eigenvalue weighted by Gasteiger charge is -2.05. The van der Waals surface area contributed by atoms with Crippen LogP contribution in [0.15, 0.2) is 16.3 Å². The number of esters is 1. The summed E-state index contributed by atoms with van der Waals surface area (Å²) in [7, 11) is -2.14. The number of sulfonamides is 1. The maximum Gasteiger partial charge on any atom is 0.311 e. The van der Waals surface area contributed by atoms with E-state index in [9.17, 15) is 13.2 Å². The minimum absolute atomic E-state index is 0.0122. The summed E-state index contributed by atoms with van der Waals surface area (Å²) < 4.78 is 37.0. The van der Waals surface area contributed by atoms with E-state index >= 15 is 0 Å². The second-order valence-electron chi connectivity index (χ2n) is 3.77. The molecule has 0 aliphatic carbocycles. The lowest BCUT2D eigenvalue weighted by Crippen LogP contribution is -2.13. The first-order valence-corrected chi connectivity index (χ1v) is 8.13. The molecule has 0 aromatic carbocycles. The zero-order valence-electron chi connectivity index (χ0n) is 11.0. The third-order valence-electron chi connectivity index (χ3n) is 2.16. The first-order valence-electron chi connectivity index (χ1n) is 5.77. The van der Waals surface area contributed by atoms with Gasteiger partial charge in [0.15, 0.2) is 0 Å². The Hall–Kier alpha value is -1.00. The topological polar surface area (TPSA) is 105 Å². The van der Waals surface area contributed by atoms with Crippen molar-refractivity contribution in [2.75, 3.05) is 33.5 Å². The monoisotopic (exact) mass is 323 g/mol. The molecule has 0 aliphatic heterocycles. The normalized spacial score (nSPS) is 11.5. The fourth-order valence-corrected chi connectivity index (χ4v) is 3.02. The van der Waals surface area contributed by atoms with E-state index < -0.39 is 16.0 Å². The molecule has 2 N–H and O–H groups in total. The zero-order chi connectivity index (χ0) is 15.0. The highest BCUT2D eigenvalue weighted by molar-refractivity contribution is 7.91. The van der Waals surface area contributed by atoms with Crippen LogP contribution in [0.2, 0.25) is 0 Å². The molecule has 1 heterocycles. The Labute approximate surface area is 121 Å². The van der Waals surface area contributed by atoms with Crippen molar-refractivity contribution >= 4 is 27.3 Å². The summed E-state index contributed by atoms with van der Waals surface area (Å²) in [5, 5.41) is 4.98. The smallest absolute Gasteiger partial charge is 0.311 e. The van der Waals surface area contributed by atoms with Gasteiger partial charge in [0.1, 0.15) is 10.8 Å². The molecule has 7 nitrogen and oxygen atoms in total. The molecule has 0 bridgehead atoms. The van der Waals surface area contributed by atoms with Crippen LogP contribution in [0.25, 0.3) is 0 Å². The Kier molecular flexibility index (Phi) is 7.10. The molecule has 0 saturated heterocycles. The number of hydrogen-bond donors (Lipinski definition) is 1. The molecule has 0 amide bonds. The lowest BCUT2D eigenvalue weighted by molar-refractivity contribution is -0.144. The third-order valence-corrected chi connectivity index (χ3v) is 4.68. The highest BCUT2D eigenvalue weighted by atomic mass is 32.2. The van der Waals surface area contributed by atoms with Crippen LogP contribution >= 0.6 is 11.3 Å². The van der Waals surface area contributed by atoms with Crippen molar-refractivity contribution in [2.45, 2.75) is 10.6 Å². The van der Waals surface area contributed by atoms with Crippen LogP contribution in [0.4, 0.5) is 0 Å². The molecule has 0 aliphatic rings. The molecule has 0 spiro atoms. The second kappa shape index (κ2) is 8.32. The van der Waals surface area contributed by atoms with Crippen LogP contribution in [-0.2, 0) is 35.4 Å². The van der Waals surface area contributed by atoms with Gasteiger partial charge in [-0.25, -0.2) is 13.6 Å². The predicted molar refractivity (Wildman–Crippen MR) is 73.1 cm³/mol. The highest BCUT2D eigenvalue weighted by Crippen LogP contribution is 2.20. The predicted octanol–water partition coefficient (Wildman–Crippen LogP) is 0.144. The Morgan fingerprint density at radius 1 is 1.25 bits per heavy atom. The van der Waals surface area contributed by atoms with Gasteiger partial charge < -0.3 is 14.2 Å². The van der Waals surface area contributed by atoms with Gasteiger partial charge in [0.25, 0.3) is 0 Å². The number of carbonyl (C=O) groups excluding carboxylic acids is 1. The van der Waals surface area contributed by atoms with Gasteiger partial charge in [0.2, 0.25) is 10.0 Å². The van der Waals surface area contributed by atoms with Crippen LogP contribution in [0.3, 0.4) is 0 Å². The fourth-order valence-electron chi connectivity index (χ4n) is 1.26. The summed E-state index contributed by atoms with van der Waals surface area (Å²) in [4.78, 5) is 12.1. The molecule has 114 valence electrons. The van der Waals surface area contributed by atoms with Crippen LogP contribution in [0.1, 0.15) is 4.88 Å². The Balaban J connectivity index is 2.27. The van der Waals surface area contributed by atoms with Crippen molar-refractivity contribution in [3.05, 3.63) is 17.0 Å². The average Bonchev–Trinajstić information content (AvgIpc) is 2.82. The first-order chi connectivity index (χ1) is 9.43. The van der Waals surface area contributed by atoms with E-state index in [1.54, 1.807) is 13.2 Å². The molecule has 0 atom stereocenters. The maximum absolute atomic E-state index is 11.5. The number of methoxy groups -OCH3 is 1. The van der Waals surface area contributed by atoms with E-state index in [0.717, 1.165) is 11.3 Å². The third kappa shape index (κ3) is 6.44. The van der Waals surface area contributed by atoms with Crippen LogP contribution < -0.4 is 5.14 Å². The van der Waals surface area contributed by atoms with Crippen LogP contribution in [0.5, 0.6) is 0 Å². The van der Waals surface area contributed by atoms with E-state index in [1.807, 2.05) is 0 Å². The number of thiophene rings is 1. The van der Waals surface area contributed by atoms with Crippen molar-refractivity contribution in [3.8, 4) is 0 Å². The van der Waals surface area contributed by atoms with Gasteiger partial charge in [-0.1, -0.05) is 0 Å². The van der Waals surface area contributed by atoms with Gasteiger partial charge in [-0.15, -0.1) is 11.3 Å². The Morgan fingerprint density at radius 2 is 1.95 bits per heavy atom. The van der Waals surface area contributed by atoms with Crippen molar-refractivity contribution in [2.24, 2.45) is 5.14 Å². The molecule has 20 heavy (non-hydrogen) atoms. The van der Waals surface area contributed by atoms with E-state index in [4.69, 9.17) is 19.3 Å². The maximum atomic E-state index is 11.5. The molecule has 0 fully saturated rings. The van der Waals surface area contributed by atoms with Gasteiger partial charge in [-0.3, -0.25) is 4.79 Å². The van der Waals surface area contributed by atoms with Gasteiger partial charge in [-0.05, 0) is 12.1 Å². The quantitative estimate of drug-likeness (QED) is 0.512. The molecular weight excluding hydrogens is 306 g/mol. The molecule has 1 rings (SSSR count). The molecule has 0 saturated carbocycles. The van der Waals surface area contributed by atoms with Gasteiger partial charge in [-0.2, -0.15) is 0 Å². The molecule has 0 radical (unpaired) electrons. The zero-order valence-corrected chi connectivity index (χ0v) is 12.7. The summed E-state index contributed by atoms with van der Waals surface area (Å²) in [5.41, 5.74) is 0. The van der Waals surface area contributed by atoms with Gasteiger partial charge >= 0.3 is 5.97 Å². The highest BCUT2D eigenvalue weighted by Gasteiger charge is 2.13. The number of rotatable bonds is 9. The molecule has 0 unspecified atom stereocenters. The van der Waals surface area contributed by atoms with E-state index in [0.29, 0.717) is 24.7 Å². The largest absolute Gasteiger partial charge is 0.463 e. The summed E-state index contributed by atoms with van der Waals surface area (Å²) in [5.74, 6) is -0.442. The fraction of sp³-hybridized carbons (Fsp3) is 0.545. The summed E-state index contributed by atoms with van der Waals surface area (Å²) in [6.07, 6.45) is 0.0122. The second-order valence-corrected chi connectivity index (χ2v) is 6.72.